The molecule has 4 rings (SSSR count). The van der Waals surface area contributed by atoms with E-state index < -0.39 is 24.9 Å². The van der Waals surface area contributed by atoms with Gasteiger partial charge in [0.15, 0.2) is 0 Å². The minimum atomic E-state index is -4.21. The SMILES string of the molecule is O=C(Nc1cccc(COCC(F)(F)C(F)F)c1)c1nc(C2CC2)n(-c2ccccc2)n1. The van der Waals surface area contributed by atoms with E-state index in [1.807, 2.05) is 30.3 Å². The Balaban J connectivity index is 1.44. The highest BCUT2D eigenvalue weighted by atomic mass is 19.3. The van der Waals surface area contributed by atoms with E-state index in [-0.39, 0.29) is 18.3 Å². The molecule has 1 heterocycles. The molecule has 1 N–H and O–H groups in total. The number of para-hydroxylation sites is 1. The van der Waals surface area contributed by atoms with Crippen LogP contribution in [0.5, 0.6) is 0 Å². The number of nitrogens with zero attached hydrogens (tertiary/aromatic N) is 3. The summed E-state index contributed by atoms with van der Waals surface area (Å²) in [6, 6.07) is 15.7. The minimum Gasteiger partial charge on any atom is -0.370 e. The molecule has 0 saturated heterocycles. The summed E-state index contributed by atoms with van der Waals surface area (Å²) in [7, 11) is 0. The molecule has 6 nitrogen and oxygen atoms in total. The van der Waals surface area contributed by atoms with Gasteiger partial charge in [-0.1, -0.05) is 30.3 Å². The van der Waals surface area contributed by atoms with E-state index in [1.54, 1.807) is 22.9 Å². The first-order chi connectivity index (χ1) is 15.3. The molecule has 168 valence electrons. The minimum absolute atomic E-state index is 0.00832. The van der Waals surface area contributed by atoms with Crippen LogP contribution in [0.25, 0.3) is 5.69 Å². The molecule has 0 unspecified atom stereocenters. The predicted molar refractivity (Wildman–Crippen MR) is 108 cm³/mol. The number of halogens is 4. The van der Waals surface area contributed by atoms with Gasteiger partial charge >= 0.3 is 12.3 Å². The number of hydrogen-bond donors (Lipinski definition) is 1. The third-order valence-corrected chi connectivity index (χ3v) is 4.85. The Bertz CT molecular complexity index is 1080. The second-order valence-corrected chi connectivity index (χ2v) is 7.52. The second kappa shape index (κ2) is 9.07. The monoisotopic (exact) mass is 448 g/mol. The zero-order valence-electron chi connectivity index (χ0n) is 16.8. The summed E-state index contributed by atoms with van der Waals surface area (Å²) >= 11 is 0. The highest BCUT2D eigenvalue weighted by Gasteiger charge is 2.41. The van der Waals surface area contributed by atoms with Crippen LogP contribution in [-0.4, -0.2) is 39.6 Å². The zero-order chi connectivity index (χ0) is 22.7. The molecule has 0 bridgehead atoms. The number of carbonyl (C=O) groups is 1. The van der Waals surface area contributed by atoms with Crippen molar-refractivity contribution in [1.82, 2.24) is 14.8 Å². The fourth-order valence-corrected chi connectivity index (χ4v) is 3.08. The molecule has 1 saturated carbocycles. The normalized spacial score (nSPS) is 14.0. The summed E-state index contributed by atoms with van der Waals surface area (Å²) in [6.07, 6.45) is -1.82. The Morgan fingerprint density at radius 1 is 1.16 bits per heavy atom. The zero-order valence-corrected chi connectivity index (χ0v) is 16.8. The van der Waals surface area contributed by atoms with Crippen molar-refractivity contribution in [3.63, 3.8) is 0 Å². The lowest BCUT2D eigenvalue weighted by Crippen LogP contribution is -2.32. The van der Waals surface area contributed by atoms with Crippen LogP contribution < -0.4 is 5.32 Å². The number of alkyl halides is 4. The first-order valence-electron chi connectivity index (χ1n) is 10.00. The van der Waals surface area contributed by atoms with Gasteiger partial charge in [0.25, 0.3) is 5.91 Å². The van der Waals surface area contributed by atoms with Gasteiger partial charge in [-0.25, -0.2) is 18.4 Å². The molecule has 1 aliphatic rings. The fraction of sp³-hybridized carbons (Fsp3) is 0.318. The van der Waals surface area contributed by atoms with Crippen LogP contribution in [0, 0.1) is 0 Å². The summed E-state index contributed by atoms with van der Waals surface area (Å²) in [5, 5.41) is 7.04. The van der Waals surface area contributed by atoms with Gasteiger partial charge in [0, 0.05) is 11.6 Å². The molecule has 0 atom stereocenters. The number of aromatic nitrogens is 3. The molecule has 2 aromatic carbocycles. The Hall–Kier alpha value is -3.27. The number of hydrogen-bond acceptors (Lipinski definition) is 4. The molecule has 32 heavy (non-hydrogen) atoms. The average Bonchev–Trinajstić information content (AvgIpc) is 3.52. The lowest BCUT2D eigenvalue weighted by atomic mass is 10.2. The van der Waals surface area contributed by atoms with Crippen molar-refractivity contribution < 1.29 is 27.1 Å². The summed E-state index contributed by atoms with van der Waals surface area (Å²) in [4.78, 5) is 17.1. The van der Waals surface area contributed by atoms with Crippen molar-refractivity contribution in [3.05, 3.63) is 71.8 Å². The van der Waals surface area contributed by atoms with Gasteiger partial charge in [0.2, 0.25) is 5.82 Å². The third-order valence-electron chi connectivity index (χ3n) is 4.85. The molecular formula is C22H20F4N4O2. The van der Waals surface area contributed by atoms with Crippen molar-refractivity contribution in [1.29, 1.82) is 0 Å². The van der Waals surface area contributed by atoms with Crippen molar-refractivity contribution in [2.75, 3.05) is 11.9 Å². The highest BCUT2D eigenvalue weighted by molar-refractivity contribution is 6.01. The largest absolute Gasteiger partial charge is 0.370 e. The number of anilines is 1. The predicted octanol–water partition coefficient (Wildman–Crippen LogP) is 4.81. The van der Waals surface area contributed by atoms with Crippen molar-refractivity contribution in [2.45, 2.75) is 37.7 Å². The van der Waals surface area contributed by atoms with E-state index in [9.17, 15) is 22.4 Å². The molecule has 0 aliphatic heterocycles. The molecule has 1 aliphatic carbocycles. The first-order valence-corrected chi connectivity index (χ1v) is 10.00. The third kappa shape index (κ3) is 5.13. The quantitative estimate of drug-likeness (QED) is 0.477. The van der Waals surface area contributed by atoms with Gasteiger partial charge in [-0.3, -0.25) is 4.79 Å². The summed E-state index contributed by atoms with van der Waals surface area (Å²) < 4.78 is 56.7. The van der Waals surface area contributed by atoms with Gasteiger partial charge in [-0.05, 0) is 42.7 Å². The highest BCUT2D eigenvalue weighted by Crippen LogP contribution is 2.39. The van der Waals surface area contributed by atoms with Gasteiger partial charge in [0.1, 0.15) is 12.4 Å². The van der Waals surface area contributed by atoms with Crippen LogP contribution in [0.1, 0.15) is 40.8 Å². The number of carbonyl (C=O) groups excluding carboxylic acids is 1. The number of ether oxygens (including phenoxy) is 1. The molecule has 0 spiro atoms. The van der Waals surface area contributed by atoms with Gasteiger partial charge in [-0.15, -0.1) is 5.10 Å². The van der Waals surface area contributed by atoms with Crippen LogP contribution in [0.15, 0.2) is 54.6 Å². The molecule has 3 aromatic rings. The maximum Gasteiger partial charge on any atom is 0.330 e. The Kier molecular flexibility index (Phi) is 6.22. The number of amides is 1. The molecule has 1 aromatic heterocycles. The first kappa shape index (κ1) is 21.9. The topological polar surface area (TPSA) is 69.0 Å². The molecule has 0 radical (unpaired) electrons. The Morgan fingerprint density at radius 2 is 1.91 bits per heavy atom. The van der Waals surface area contributed by atoms with E-state index in [0.717, 1.165) is 24.4 Å². The molecular weight excluding hydrogens is 428 g/mol. The molecule has 1 fully saturated rings. The number of nitrogens with one attached hydrogen (secondary N) is 1. The van der Waals surface area contributed by atoms with Crippen LogP contribution in [0.3, 0.4) is 0 Å². The summed E-state index contributed by atoms with van der Waals surface area (Å²) in [5.74, 6) is -3.74. The van der Waals surface area contributed by atoms with Crippen LogP contribution >= 0.6 is 0 Å². The Labute approximate surface area is 181 Å². The van der Waals surface area contributed by atoms with Gasteiger partial charge in [0.05, 0.1) is 12.3 Å². The van der Waals surface area contributed by atoms with Gasteiger partial charge < -0.3 is 10.1 Å². The van der Waals surface area contributed by atoms with Crippen molar-refractivity contribution in [2.24, 2.45) is 0 Å². The standard InChI is InChI=1S/C22H20F4N4O2/c23-21(24)22(25,26)13-32-12-14-5-4-6-16(11-14)27-20(31)18-28-19(15-9-10-15)30(29-18)17-7-2-1-3-8-17/h1-8,11,15,21H,9-10,12-13H2,(H,27,31). The van der Waals surface area contributed by atoms with E-state index in [4.69, 9.17) is 4.74 Å². The van der Waals surface area contributed by atoms with E-state index >= 15 is 0 Å². The average molecular weight is 448 g/mol. The van der Waals surface area contributed by atoms with Crippen LogP contribution in [-0.2, 0) is 11.3 Å². The van der Waals surface area contributed by atoms with Crippen LogP contribution in [0.4, 0.5) is 23.2 Å². The van der Waals surface area contributed by atoms with Crippen LogP contribution in [0.2, 0.25) is 0 Å². The Morgan fingerprint density at radius 3 is 2.59 bits per heavy atom. The van der Waals surface area contributed by atoms with E-state index in [1.165, 1.54) is 6.07 Å². The van der Waals surface area contributed by atoms with Crippen molar-refractivity contribution >= 4 is 11.6 Å². The van der Waals surface area contributed by atoms with E-state index in [0.29, 0.717) is 11.3 Å². The molecule has 1 amide bonds. The lowest BCUT2D eigenvalue weighted by molar-refractivity contribution is -0.168. The maximum atomic E-state index is 13.0. The van der Waals surface area contributed by atoms with Gasteiger partial charge in [-0.2, -0.15) is 8.78 Å². The van der Waals surface area contributed by atoms with E-state index in [2.05, 4.69) is 15.4 Å². The number of benzene rings is 2. The number of rotatable bonds is 9. The summed E-state index contributed by atoms with van der Waals surface area (Å²) in [6.45, 7) is -1.70. The summed E-state index contributed by atoms with van der Waals surface area (Å²) in [5.41, 5.74) is 1.62. The fourth-order valence-electron chi connectivity index (χ4n) is 3.08. The molecule has 10 heteroatoms. The smallest absolute Gasteiger partial charge is 0.330 e. The van der Waals surface area contributed by atoms with Crippen molar-refractivity contribution in [3.8, 4) is 5.69 Å². The second-order valence-electron chi connectivity index (χ2n) is 7.52. The maximum absolute atomic E-state index is 13.0. The lowest BCUT2D eigenvalue weighted by Gasteiger charge is -2.15.